The summed E-state index contributed by atoms with van der Waals surface area (Å²) < 4.78 is 0. The maximum Gasteiger partial charge on any atom is 0.238 e. The van der Waals surface area contributed by atoms with Crippen molar-refractivity contribution in [2.45, 2.75) is 19.3 Å². The summed E-state index contributed by atoms with van der Waals surface area (Å²) in [6, 6.07) is 15.7. The third kappa shape index (κ3) is 5.21. The Morgan fingerprint density at radius 3 is 2.60 bits per heavy atom. The number of rotatable bonds is 5. The summed E-state index contributed by atoms with van der Waals surface area (Å²) in [5.41, 5.74) is 8.30. The summed E-state index contributed by atoms with van der Waals surface area (Å²) in [5.74, 6) is 0.652. The van der Waals surface area contributed by atoms with Gasteiger partial charge >= 0.3 is 0 Å². The molecule has 1 heterocycles. The number of amides is 1. The minimum atomic E-state index is -0.0472. The zero-order chi connectivity index (χ0) is 17.6. The molecule has 1 saturated heterocycles. The molecule has 0 saturated carbocycles. The van der Waals surface area contributed by atoms with Gasteiger partial charge in [0.25, 0.3) is 0 Å². The molecule has 4 nitrogen and oxygen atoms in total. The Bertz CT molecular complexity index is 712. The van der Waals surface area contributed by atoms with Gasteiger partial charge in [0, 0.05) is 5.69 Å². The van der Waals surface area contributed by atoms with Gasteiger partial charge in [-0.3, -0.25) is 9.69 Å². The van der Waals surface area contributed by atoms with Gasteiger partial charge in [0.15, 0.2) is 0 Å². The summed E-state index contributed by atoms with van der Waals surface area (Å²) in [5, 5.41) is 3.36. The lowest BCUT2D eigenvalue weighted by Gasteiger charge is -2.31. The van der Waals surface area contributed by atoms with Crippen LogP contribution in [0.25, 0.3) is 0 Å². The third-order valence-corrected chi connectivity index (χ3v) is 5.04. The predicted molar refractivity (Wildman–Crippen MR) is 104 cm³/mol. The van der Waals surface area contributed by atoms with Crippen LogP contribution in [0.4, 0.5) is 11.4 Å². The average molecular weight is 358 g/mol. The highest BCUT2D eigenvalue weighted by atomic mass is 35.5. The van der Waals surface area contributed by atoms with Crippen LogP contribution in [0.1, 0.15) is 18.4 Å². The van der Waals surface area contributed by atoms with Crippen LogP contribution in [0, 0.1) is 5.92 Å². The van der Waals surface area contributed by atoms with Gasteiger partial charge in [-0.05, 0) is 62.0 Å². The molecule has 2 aromatic rings. The predicted octanol–water partition coefficient (Wildman–Crippen LogP) is 3.82. The number of carbonyl (C=O) groups is 1. The number of nitrogen functional groups attached to an aromatic ring is 1. The van der Waals surface area contributed by atoms with E-state index in [4.69, 9.17) is 17.3 Å². The van der Waals surface area contributed by atoms with Gasteiger partial charge in [0.2, 0.25) is 5.91 Å². The smallest absolute Gasteiger partial charge is 0.238 e. The molecule has 0 aliphatic carbocycles. The highest BCUT2D eigenvalue weighted by Gasteiger charge is 2.21. The Balaban J connectivity index is 1.45. The molecule has 1 amide bonds. The van der Waals surface area contributed by atoms with Crippen LogP contribution in [0.3, 0.4) is 0 Å². The third-order valence-electron chi connectivity index (χ3n) is 4.71. The van der Waals surface area contributed by atoms with Crippen LogP contribution in [-0.4, -0.2) is 30.4 Å². The van der Waals surface area contributed by atoms with Crippen LogP contribution in [0.5, 0.6) is 0 Å². The molecular formula is C20H24ClN3O. The van der Waals surface area contributed by atoms with Crippen molar-refractivity contribution in [2.24, 2.45) is 5.92 Å². The fraction of sp³-hybridized carbons (Fsp3) is 0.350. The molecule has 0 bridgehead atoms. The lowest BCUT2D eigenvalue weighted by molar-refractivity contribution is -0.117. The maximum absolute atomic E-state index is 12.3. The number of halogens is 1. The lowest BCUT2D eigenvalue weighted by atomic mass is 9.90. The van der Waals surface area contributed by atoms with E-state index < -0.39 is 0 Å². The fourth-order valence-corrected chi connectivity index (χ4v) is 3.49. The van der Waals surface area contributed by atoms with Crippen LogP contribution in [0.15, 0.2) is 48.5 Å². The first-order chi connectivity index (χ1) is 12.1. The molecule has 0 atom stereocenters. The van der Waals surface area contributed by atoms with Crippen molar-refractivity contribution in [3.05, 3.63) is 59.1 Å². The van der Waals surface area contributed by atoms with E-state index in [1.807, 2.05) is 0 Å². The molecule has 5 heteroatoms. The first-order valence-corrected chi connectivity index (χ1v) is 9.09. The molecule has 0 unspecified atom stereocenters. The zero-order valence-electron chi connectivity index (χ0n) is 14.2. The van der Waals surface area contributed by atoms with Gasteiger partial charge in [-0.25, -0.2) is 0 Å². The minimum absolute atomic E-state index is 0.0472. The van der Waals surface area contributed by atoms with Gasteiger partial charge < -0.3 is 11.1 Å². The average Bonchev–Trinajstić information content (AvgIpc) is 2.61. The second-order valence-electron chi connectivity index (χ2n) is 6.70. The summed E-state index contributed by atoms with van der Waals surface area (Å²) in [4.78, 5) is 14.5. The highest BCUT2D eigenvalue weighted by Crippen LogP contribution is 2.25. The van der Waals surface area contributed by atoms with Crippen molar-refractivity contribution in [3.63, 3.8) is 0 Å². The van der Waals surface area contributed by atoms with Gasteiger partial charge in [-0.2, -0.15) is 0 Å². The van der Waals surface area contributed by atoms with E-state index in [1.165, 1.54) is 5.56 Å². The molecule has 3 N–H and O–H groups in total. The lowest BCUT2D eigenvalue weighted by Crippen LogP contribution is -2.39. The Kier molecular flexibility index (Phi) is 5.95. The van der Waals surface area contributed by atoms with E-state index in [0.29, 0.717) is 28.9 Å². The Hall–Kier alpha value is -2.04. The summed E-state index contributed by atoms with van der Waals surface area (Å²) in [6.07, 6.45) is 3.38. The number of nitrogens with one attached hydrogen (secondary N) is 1. The molecule has 132 valence electrons. The van der Waals surface area contributed by atoms with Gasteiger partial charge in [0.05, 0.1) is 17.3 Å². The van der Waals surface area contributed by atoms with Crippen LogP contribution in [0.2, 0.25) is 5.02 Å². The van der Waals surface area contributed by atoms with Crippen molar-refractivity contribution < 1.29 is 4.79 Å². The molecule has 3 rings (SSSR count). The first-order valence-electron chi connectivity index (χ1n) is 8.71. The normalized spacial score (nSPS) is 15.9. The van der Waals surface area contributed by atoms with Crippen LogP contribution < -0.4 is 11.1 Å². The number of anilines is 2. The van der Waals surface area contributed by atoms with E-state index in [1.54, 1.807) is 18.2 Å². The number of nitrogens with two attached hydrogens (primary N) is 1. The molecule has 0 radical (unpaired) electrons. The number of piperidine rings is 1. The number of nitrogens with zero attached hydrogens (tertiary/aromatic N) is 1. The standard InChI is InChI=1S/C20H24ClN3O/c21-18-7-6-17(22)13-19(18)23-20(25)14-24-10-8-16(9-11-24)12-15-4-2-1-3-5-15/h1-7,13,16H,8-12,14,22H2,(H,23,25). The molecule has 1 aliphatic rings. The first kappa shape index (κ1) is 17.8. The molecule has 25 heavy (non-hydrogen) atoms. The largest absolute Gasteiger partial charge is 0.399 e. The van der Waals surface area contributed by atoms with Crippen molar-refractivity contribution in [1.82, 2.24) is 4.90 Å². The molecular weight excluding hydrogens is 334 g/mol. The minimum Gasteiger partial charge on any atom is -0.399 e. The van der Waals surface area contributed by atoms with E-state index >= 15 is 0 Å². The van der Waals surface area contributed by atoms with Crippen molar-refractivity contribution in [2.75, 3.05) is 30.7 Å². The second-order valence-corrected chi connectivity index (χ2v) is 7.10. The summed E-state index contributed by atoms with van der Waals surface area (Å²) in [6.45, 7) is 2.30. The number of carbonyl (C=O) groups excluding carboxylic acids is 1. The molecule has 1 aliphatic heterocycles. The number of likely N-dealkylation sites (tertiary alicyclic amines) is 1. The maximum atomic E-state index is 12.3. The fourth-order valence-electron chi connectivity index (χ4n) is 3.33. The molecule has 0 aromatic heterocycles. The van der Waals surface area contributed by atoms with Crippen LogP contribution >= 0.6 is 11.6 Å². The Morgan fingerprint density at radius 2 is 1.88 bits per heavy atom. The summed E-state index contributed by atoms with van der Waals surface area (Å²) >= 11 is 6.10. The van der Waals surface area contributed by atoms with Crippen molar-refractivity contribution in [1.29, 1.82) is 0 Å². The number of benzene rings is 2. The van der Waals surface area contributed by atoms with E-state index in [-0.39, 0.29) is 5.91 Å². The SMILES string of the molecule is Nc1ccc(Cl)c(NC(=O)CN2CCC(Cc3ccccc3)CC2)c1. The van der Waals surface area contributed by atoms with Crippen LogP contribution in [-0.2, 0) is 11.2 Å². The van der Waals surface area contributed by atoms with Crippen molar-refractivity contribution >= 4 is 28.9 Å². The van der Waals surface area contributed by atoms with Crippen molar-refractivity contribution in [3.8, 4) is 0 Å². The topological polar surface area (TPSA) is 58.4 Å². The van der Waals surface area contributed by atoms with Gasteiger partial charge in [-0.1, -0.05) is 41.9 Å². The highest BCUT2D eigenvalue weighted by molar-refractivity contribution is 6.33. The quantitative estimate of drug-likeness (QED) is 0.800. The number of hydrogen-bond donors (Lipinski definition) is 2. The molecule has 1 fully saturated rings. The van der Waals surface area contributed by atoms with Gasteiger partial charge in [0.1, 0.15) is 0 Å². The monoisotopic (exact) mass is 357 g/mol. The Labute approximate surface area is 154 Å². The zero-order valence-corrected chi connectivity index (χ0v) is 15.0. The van der Waals surface area contributed by atoms with Gasteiger partial charge in [-0.15, -0.1) is 0 Å². The van der Waals surface area contributed by atoms with E-state index in [2.05, 4.69) is 40.5 Å². The molecule has 2 aromatic carbocycles. The molecule has 0 spiro atoms. The van der Waals surface area contributed by atoms with E-state index in [0.717, 1.165) is 32.4 Å². The Morgan fingerprint density at radius 1 is 1.16 bits per heavy atom. The second kappa shape index (κ2) is 8.37. The summed E-state index contributed by atoms with van der Waals surface area (Å²) in [7, 11) is 0. The van der Waals surface area contributed by atoms with E-state index in [9.17, 15) is 4.79 Å². The number of hydrogen-bond acceptors (Lipinski definition) is 3.